The first-order valence-electron chi connectivity index (χ1n) is 5.62. The Morgan fingerprint density at radius 3 is 2.78 bits per heavy atom. The van der Waals surface area contributed by atoms with Gasteiger partial charge in [-0.25, -0.2) is 4.79 Å². The molecule has 18 heavy (non-hydrogen) atoms. The third-order valence-corrected chi connectivity index (χ3v) is 3.13. The van der Waals surface area contributed by atoms with Gasteiger partial charge in [0.05, 0.1) is 24.3 Å². The second-order valence-electron chi connectivity index (χ2n) is 3.85. The molecule has 0 unspecified atom stereocenters. The number of methoxy groups -OCH3 is 1. The van der Waals surface area contributed by atoms with Crippen molar-refractivity contribution >= 4 is 28.5 Å². The van der Waals surface area contributed by atoms with E-state index in [-0.39, 0.29) is 5.97 Å². The lowest BCUT2D eigenvalue weighted by atomic mass is 10.1. The van der Waals surface area contributed by atoms with Gasteiger partial charge in [-0.2, -0.15) is 0 Å². The van der Waals surface area contributed by atoms with Crippen molar-refractivity contribution in [1.82, 2.24) is 4.98 Å². The fourth-order valence-electron chi connectivity index (χ4n) is 1.97. The number of carbonyl (C=O) groups excluding carboxylic acids is 1. The van der Waals surface area contributed by atoms with Gasteiger partial charge in [0.2, 0.25) is 0 Å². The maximum Gasteiger partial charge on any atom is 0.355 e. The Kier molecular flexibility index (Phi) is 3.48. The highest BCUT2D eigenvalue weighted by molar-refractivity contribution is 6.35. The molecule has 0 aliphatic carbocycles. The van der Waals surface area contributed by atoms with E-state index in [9.17, 15) is 4.79 Å². The first-order chi connectivity index (χ1) is 8.60. The van der Waals surface area contributed by atoms with Crippen molar-refractivity contribution in [2.24, 2.45) is 0 Å². The highest BCUT2D eigenvalue weighted by Gasteiger charge is 2.19. The molecule has 1 aromatic carbocycles. The molecule has 0 fully saturated rings. The molecule has 0 bridgehead atoms. The Morgan fingerprint density at radius 2 is 2.17 bits per heavy atom. The zero-order valence-electron chi connectivity index (χ0n) is 10.5. The number of aromatic amines is 1. The molecule has 1 aromatic heterocycles. The average Bonchev–Trinajstić information content (AvgIpc) is 2.70. The van der Waals surface area contributed by atoms with Crippen LogP contribution in [0.25, 0.3) is 10.9 Å². The van der Waals surface area contributed by atoms with Crippen LogP contribution in [0.15, 0.2) is 12.1 Å². The summed E-state index contributed by atoms with van der Waals surface area (Å²) in [6.45, 7) is 3.94. The molecule has 0 radical (unpaired) electrons. The quantitative estimate of drug-likeness (QED) is 0.868. The highest BCUT2D eigenvalue weighted by atomic mass is 35.5. The van der Waals surface area contributed by atoms with E-state index in [1.807, 2.05) is 6.92 Å². The minimum atomic E-state index is -0.385. The molecule has 0 atom stereocenters. The molecule has 1 N–H and O–H groups in total. The van der Waals surface area contributed by atoms with E-state index in [0.29, 0.717) is 28.6 Å². The molecule has 0 saturated carbocycles. The lowest BCUT2D eigenvalue weighted by Crippen LogP contribution is -2.06. The standard InChI is InChI=1S/C13H14ClNO3/c1-4-18-13(16)11-7(2)10-9(17-3)6-5-8(14)12(10)15-11/h5-6,15H,4H2,1-3H3. The van der Waals surface area contributed by atoms with Crippen molar-refractivity contribution in [2.45, 2.75) is 13.8 Å². The van der Waals surface area contributed by atoms with Gasteiger partial charge in [-0.3, -0.25) is 0 Å². The number of esters is 1. The van der Waals surface area contributed by atoms with E-state index in [0.717, 1.165) is 10.9 Å². The topological polar surface area (TPSA) is 51.3 Å². The number of benzene rings is 1. The van der Waals surface area contributed by atoms with Gasteiger partial charge in [0.15, 0.2) is 0 Å². The predicted octanol–water partition coefficient (Wildman–Crippen LogP) is 3.32. The molecular formula is C13H14ClNO3. The number of fused-ring (bicyclic) bond motifs is 1. The SMILES string of the molecule is CCOC(=O)c1[nH]c2c(Cl)ccc(OC)c2c1C. The number of ether oxygens (including phenoxy) is 2. The van der Waals surface area contributed by atoms with Gasteiger partial charge >= 0.3 is 5.97 Å². The second kappa shape index (κ2) is 4.90. The molecule has 0 spiro atoms. The van der Waals surface area contributed by atoms with Gasteiger partial charge in [0.1, 0.15) is 11.4 Å². The number of aromatic nitrogens is 1. The van der Waals surface area contributed by atoms with Crippen molar-refractivity contribution in [2.75, 3.05) is 13.7 Å². The minimum absolute atomic E-state index is 0.332. The number of nitrogens with one attached hydrogen (secondary N) is 1. The molecular weight excluding hydrogens is 254 g/mol. The summed E-state index contributed by atoms with van der Waals surface area (Å²) in [6, 6.07) is 3.51. The lowest BCUT2D eigenvalue weighted by Gasteiger charge is -2.03. The summed E-state index contributed by atoms with van der Waals surface area (Å²) in [5.41, 5.74) is 1.89. The number of halogens is 1. The maximum absolute atomic E-state index is 11.8. The third kappa shape index (κ3) is 1.93. The maximum atomic E-state index is 11.8. The van der Waals surface area contributed by atoms with Gasteiger partial charge in [0.25, 0.3) is 0 Å². The van der Waals surface area contributed by atoms with Crippen LogP contribution in [0.5, 0.6) is 5.75 Å². The molecule has 2 aromatic rings. The van der Waals surface area contributed by atoms with Gasteiger partial charge in [-0.1, -0.05) is 11.6 Å². The number of carbonyl (C=O) groups is 1. The van der Waals surface area contributed by atoms with Crippen molar-refractivity contribution in [3.63, 3.8) is 0 Å². The molecule has 0 aliphatic rings. The Labute approximate surface area is 110 Å². The average molecular weight is 268 g/mol. The summed E-state index contributed by atoms with van der Waals surface area (Å²) in [4.78, 5) is 14.8. The summed E-state index contributed by atoms with van der Waals surface area (Å²) >= 11 is 6.11. The van der Waals surface area contributed by atoms with E-state index in [1.165, 1.54) is 0 Å². The molecule has 4 nitrogen and oxygen atoms in total. The van der Waals surface area contributed by atoms with E-state index < -0.39 is 0 Å². The molecule has 0 saturated heterocycles. The number of H-pyrrole nitrogens is 1. The Bertz CT molecular complexity index is 604. The number of rotatable bonds is 3. The monoisotopic (exact) mass is 267 g/mol. The summed E-state index contributed by atoms with van der Waals surface area (Å²) < 4.78 is 10.3. The summed E-state index contributed by atoms with van der Waals surface area (Å²) in [5.74, 6) is 0.294. The van der Waals surface area contributed by atoms with Crippen molar-refractivity contribution in [3.05, 3.63) is 28.4 Å². The fourth-order valence-corrected chi connectivity index (χ4v) is 2.18. The fraction of sp³-hybridized carbons (Fsp3) is 0.308. The molecule has 1 heterocycles. The summed E-state index contributed by atoms with van der Waals surface area (Å²) in [5, 5.41) is 1.36. The van der Waals surface area contributed by atoms with Gasteiger partial charge in [-0.15, -0.1) is 0 Å². The zero-order chi connectivity index (χ0) is 13.3. The molecule has 0 amide bonds. The highest BCUT2D eigenvalue weighted by Crippen LogP contribution is 2.35. The molecule has 0 aliphatic heterocycles. The van der Waals surface area contributed by atoms with Gasteiger partial charge in [-0.05, 0) is 31.5 Å². The molecule has 96 valence electrons. The van der Waals surface area contributed by atoms with Crippen LogP contribution in [0, 0.1) is 6.92 Å². The van der Waals surface area contributed by atoms with Crippen molar-refractivity contribution in [3.8, 4) is 5.75 Å². The van der Waals surface area contributed by atoms with E-state index in [2.05, 4.69) is 4.98 Å². The largest absolute Gasteiger partial charge is 0.496 e. The van der Waals surface area contributed by atoms with Crippen molar-refractivity contribution < 1.29 is 14.3 Å². The Hall–Kier alpha value is -1.68. The lowest BCUT2D eigenvalue weighted by molar-refractivity contribution is 0.0520. The van der Waals surface area contributed by atoms with E-state index >= 15 is 0 Å². The third-order valence-electron chi connectivity index (χ3n) is 2.82. The first-order valence-corrected chi connectivity index (χ1v) is 5.99. The van der Waals surface area contributed by atoms with Crippen LogP contribution in [0.4, 0.5) is 0 Å². The molecule has 2 rings (SSSR count). The number of hydrogen-bond acceptors (Lipinski definition) is 3. The summed E-state index contributed by atoms with van der Waals surface area (Å²) in [7, 11) is 1.58. The second-order valence-corrected chi connectivity index (χ2v) is 4.25. The summed E-state index contributed by atoms with van der Waals surface area (Å²) in [6.07, 6.45) is 0. The molecule has 5 heteroatoms. The van der Waals surface area contributed by atoms with Crippen molar-refractivity contribution in [1.29, 1.82) is 0 Å². The van der Waals surface area contributed by atoms with E-state index in [1.54, 1.807) is 26.2 Å². The Morgan fingerprint density at radius 1 is 1.44 bits per heavy atom. The van der Waals surface area contributed by atoms with Crippen LogP contribution >= 0.6 is 11.6 Å². The van der Waals surface area contributed by atoms with Crippen LogP contribution in [0.3, 0.4) is 0 Å². The predicted molar refractivity (Wildman–Crippen MR) is 70.6 cm³/mol. The Balaban J connectivity index is 2.69. The van der Waals surface area contributed by atoms with Gasteiger partial charge in [0, 0.05) is 5.39 Å². The van der Waals surface area contributed by atoms with Crippen LogP contribution in [-0.4, -0.2) is 24.7 Å². The first kappa shape index (κ1) is 12.8. The zero-order valence-corrected chi connectivity index (χ0v) is 11.2. The van der Waals surface area contributed by atoms with Crippen LogP contribution in [-0.2, 0) is 4.74 Å². The van der Waals surface area contributed by atoms with Crippen LogP contribution < -0.4 is 4.74 Å². The van der Waals surface area contributed by atoms with E-state index in [4.69, 9.17) is 21.1 Å². The number of aryl methyl sites for hydroxylation is 1. The minimum Gasteiger partial charge on any atom is -0.496 e. The normalized spacial score (nSPS) is 10.7. The van der Waals surface area contributed by atoms with Gasteiger partial charge < -0.3 is 14.5 Å². The van der Waals surface area contributed by atoms with Crippen LogP contribution in [0.1, 0.15) is 23.0 Å². The van der Waals surface area contributed by atoms with Crippen LogP contribution in [0.2, 0.25) is 5.02 Å². The number of hydrogen-bond donors (Lipinski definition) is 1. The smallest absolute Gasteiger partial charge is 0.355 e.